The first-order valence-electron chi connectivity index (χ1n) is 11.5. The van der Waals surface area contributed by atoms with Gasteiger partial charge >= 0.3 is 0 Å². The molecule has 188 valence electrons. The van der Waals surface area contributed by atoms with Crippen molar-refractivity contribution >= 4 is 23.4 Å². The van der Waals surface area contributed by atoms with Crippen LogP contribution in [0.4, 0.5) is 5.69 Å². The summed E-state index contributed by atoms with van der Waals surface area (Å²) in [6.45, 7) is -0.304. The number of hydrogen-bond donors (Lipinski definition) is 2. The molecular weight excluding hydrogens is 472 g/mol. The molecule has 2 aromatic heterocycles. The van der Waals surface area contributed by atoms with E-state index >= 15 is 0 Å². The molecule has 0 aliphatic heterocycles. The Hall–Kier alpha value is -4.92. The second-order valence-corrected chi connectivity index (χ2v) is 8.05. The van der Waals surface area contributed by atoms with Crippen molar-refractivity contribution in [2.75, 3.05) is 19.0 Å². The number of carbonyl (C=O) groups is 3. The van der Waals surface area contributed by atoms with Gasteiger partial charge in [-0.3, -0.25) is 19.4 Å². The zero-order chi connectivity index (χ0) is 26.0. The number of ether oxygens (including phenoxy) is 1. The monoisotopic (exact) mass is 498 g/mol. The number of rotatable bonds is 10. The van der Waals surface area contributed by atoms with Crippen molar-refractivity contribution in [3.05, 3.63) is 114 Å². The van der Waals surface area contributed by atoms with Crippen LogP contribution in [-0.4, -0.2) is 41.3 Å². The van der Waals surface area contributed by atoms with Crippen molar-refractivity contribution in [2.45, 2.75) is 12.6 Å². The summed E-state index contributed by atoms with van der Waals surface area (Å²) in [7, 11) is 1.56. The lowest BCUT2D eigenvalue weighted by Gasteiger charge is -2.31. The van der Waals surface area contributed by atoms with E-state index in [1.165, 1.54) is 11.2 Å². The van der Waals surface area contributed by atoms with Crippen molar-refractivity contribution in [2.24, 2.45) is 0 Å². The molecular formula is C28H26N4O5. The Bertz CT molecular complexity index is 1310. The zero-order valence-corrected chi connectivity index (χ0v) is 20.2. The smallest absolute Gasteiger partial charge is 0.251 e. The van der Waals surface area contributed by atoms with Crippen LogP contribution < -0.4 is 15.4 Å². The number of methoxy groups -OCH3 is 1. The van der Waals surface area contributed by atoms with Crippen LogP contribution in [0, 0.1) is 0 Å². The Morgan fingerprint density at radius 2 is 1.68 bits per heavy atom. The Morgan fingerprint density at radius 3 is 2.32 bits per heavy atom. The number of hydrogen-bond acceptors (Lipinski definition) is 6. The minimum Gasteiger partial charge on any atom is -0.497 e. The molecule has 0 aliphatic rings. The summed E-state index contributed by atoms with van der Waals surface area (Å²) < 4.78 is 10.7. The van der Waals surface area contributed by atoms with Crippen LogP contribution in [0.1, 0.15) is 27.7 Å². The van der Waals surface area contributed by atoms with E-state index in [2.05, 4.69) is 15.6 Å². The van der Waals surface area contributed by atoms with Crippen LogP contribution in [0.2, 0.25) is 0 Å². The first kappa shape index (κ1) is 25.2. The summed E-state index contributed by atoms with van der Waals surface area (Å²) in [5.41, 5.74) is 1.51. The fraction of sp³-hybridized carbons (Fsp3) is 0.143. The molecule has 2 aromatic carbocycles. The molecule has 2 heterocycles. The molecule has 1 atom stereocenters. The zero-order valence-electron chi connectivity index (χ0n) is 20.2. The van der Waals surface area contributed by atoms with Gasteiger partial charge in [0.25, 0.3) is 11.8 Å². The summed E-state index contributed by atoms with van der Waals surface area (Å²) in [6, 6.07) is 21.2. The third kappa shape index (κ3) is 6.61. The number of furan rings is 1. The normalized spacial score (nSPS) is 11.3. The Kier molecular flexibility index (Phi) is 8.28. The molecule has 0 fully saturated rings. The highest BCUT2D eigenvalue weighted by Crippen LogP contribution is 2.26. The number of nitrogens with zero attached hydrogens (tertiary/aromatic N) is 2. The van der Waals surface area contributed by atoms with Crippen LogP contribution in [-0.2, 0) is 16.1 Å². The topological polar surface area (TPSA) is 114 Å². The van der Waals surface area contributed by atoms with E-state index in [0.717, 1.165) is 0 Å². The van der Waals surface area contributed by atoms with Crippen molar-refractivity contribution in [3.8, 4) is 5.75 Å². The quantitative estimate of drug-likeness (QED) is 0.344. The van der Waals surface area contributed by atoms with E-state index in [1.54, 1.807) is 98.4 Å². The summed E-state index contributed by atoms with van der Waals surface area (Å²) in [5, 5.41) is 5.52. The standard InChI is InChI=1S/C28H26N4O5/c1-36-23-11-9-22(10-12-23)31-28(35)26(20-13-15-29-16-14-20)32(19-24-8-5-17-37-24)25(33)18-30-27(34)21-6-3-2-4-7-21/h2-17,26H,18-19H2,1H3,(H,30,34)(H,31,35)/t26-/m0/s1. The number of aromatic nitrogens is 1. The lowest BCUT2D eigenvalue weighted by atomic mass is 10.0. The predicted octanol–water partition coefficient (Wildman–Crippen LogP) is 3.82. The third-order valence-corrected chi connectivity index (χ3v) is 5.60. The van der Waals surface area contributed by atoms with Gasteiger partial charge in [-0.05, 0) is 66.2 Å². The molecule has 4 rings (SSSR count). The molecule has 0 saturated heterocycles. The minimum atomic E-state index is -1.03. The van der Waals surface area contributed by atoms with Crippen LogP contribution in [0.5, 0.6) is 5.75 Å². The van der Waals surface area contributed by atoms with Crippen molar-refractivity contribution in [1.82, 2.24) is 15.2 Å². The molecule has 0 spiro atoms. The van der Waals surface area contributed by atoms with Crippen molar-refractivity contribution in [3.63, 3.8) is 0 Å². The number of anilines is 1. The van der Waals surface area contributed by atoms with E-state index in [-0.39, 0.29) is 13.1 Å². The van der Waals surface area contributed by atoms with Gasteiger partial charge in [0.15, 0.2) is 0 Å². The summed E-state index contributed by atoms with van der Waals surface area (Å²) >= 11 is 0. The average molecular weight is 499 g/mol. The molecule has 0 radical (unpaired) electrons. The Morgan fingerprint density at radius 1 is 0.946 bits per heavy atom. The Balaban J connectivity index is 1.61. The molecule has 37 heavy (non-hydrogen) atoms. The van der Waals surface area contributed by atoms with Crippen LogP contribution in [0.3, 0.4) is 0 Å². The highest BCUT2D eigenvalue weighted by molar-refractivity contribution is 5.99. The van der Waals surface area contributed by atoms with E-state index in [4.69, 9.17) is 9.15 Å². The van der Waals surface area contributed by atoms with Crippen LogP contribution in [0.25, 0.3) is 0 Å². The largest absolute Gasteiger partial charge is 0.497 e. The van der Waals surface area contributed by atoms with Crippen molar-refractivity contribution in [1.29, 1.82) is 0 Å². The van der Waals surface area contributed by atoms with E-state index < -0.39 is 23.8 Å². The van der Waals surface area contributed by atoms with Gasteiger partial charge in [-0.2, -0.15) is 0 Å². The second-order valence-electron chi connectivity index (χ2n) is 8.05. The van der Waals surface area contributed by atoms with Gasteiger partial charge in [-0.1, -0.05) is 18.2 Å². The fourth-order valence-corrected chi connectivity index (χ4v) is 3.75. The van der Waals surface area contributed by atoms with E-state index in [0.29, 0.717) is 28.3 Å². The lowest BCUT2D eigenvalue weighted by molar-refractivity contribution is -0.139. The molecule has 9 heteroatoms. The maximum absolute atomic E-state index is 13.6. The molecule has 0 aliphatic carbocycles. The lowest BCUT2D eigenvalue weighted by Crippen LogP contribution is -2.45. The van der Waals surface area contributed by atoms with Gasteiger partial charge < -0.3 is 24.7 Å². The minimum absolute atomic E-state index is 0.00998. The molecule has 3 amide bonds. The first-order valence-corrected chi connectivity index (χ1v) is 11.5. The molecule has 4 aromatic rings. The second kappa shape index (κ2) is 12.2. The van der Waals surface area contributed by atoms with Gasteiger partial charge in [-0.25, -0.2) is 0 Å². The fourth-order valence-electron chi connectivity index (χ4n) is 3.75. The van der Waals surface area contributed by atoms with Gasteiger partial charge in [0.1, 0.15) is 17.6 Å². The molecule has 0 bridgehead atoms. The van der Waals surface area contributed by atoms with Crippen LogP contribution in [0.15, 0.2) is 102 Å². The number of nitrogens with one attached hydrogen (secondary N) is 2. The highest BCUT2D eigenvalue weighted by Gasteiger charge is 2.32. The number of pyridine rings is 1. The molecule has 2 N–H and O–H groups in total. The van der Waals surface area contributed by atoms with Gasteiger partial charge in [0, 0.05) is 23.6 Å². The molecule has 0 unspecified atom stereocenters. The number of amides is 3. The summed E-state index contributed by atoms with van der Waals surface area (Å²) in [6.07, 6.45) is 4.60. The highest BCUT2D eigenvalue weighted by atomic mass is 16.5. The first-order chi connectivity index (χ1) is 18.0. The van der Waals surface area contributed by atoms with E-state index in [1.807, 2.05) is 0 Å². The summed E-state index contributed by atoms with van der Waals surface area (Å²) in [4.78, 5) is 45.1. The predicted molar refractivity (Wildman–Crippen MR) is 137 cm³/mol. The maximum atomic E-state index is 13.6. The SMILES string of the molecule is COc1ccc(NC(=O)[C@H](c2ccncc2)N(Cc2ccco2)C(=O)CNC(=O)c2ccccc2)cc1. The molecule has 9 nitrogen and oxygen atoms in total. The number of benzene rings is 2. The van der Waals surface area contributed by atoms with E-state index in [9.17, 15) is 14.4 Å². The van der Waals surface area contributed by atoms with Gasteiger partial charge in [0.2, 0.25) is 5.91 Å². The molecule has 0 saturated carbocycles. The average Bonchev–Trinajstić information content (AvgIpc) is 3.46. The van der Waals surface area contributed by atoms with Crippen LogP contribution >= 0.6 is 0 Å². The van der Waals surface area contributed by atoms with Gasteiger partial charge in [-0.15, -0.1) is 0 Å². The maximum Gasteiger partial charge on any atom is 0.251 e. The number of carbonyl (C=O) groups excluding carboxylic acids is 3. The third-order valence-electron chi connectivity index (χ3n) is 5.60. The van der Waals surface area contributed by atoms with Crippen molar-refractivity contribution < 1.29 is 23.5 Å². The summed E-state index contributed by atoms with van der Waals surface area (Å²) in [5.74, 6) is -0.167. The Labute approximate surface area is 214 Å². The van der Waals surface area contributed by atoms with Gasteiger partial charge in [0.05, 0.1) is 26.5 Å².